The molecule has 0 heterocycles. The molecule has 2 aliphatic rings. The van der Waals surface area contributed by atoms with Crippen LogP contribution >= 0.6 is 22.6 Å². The van der Waals surface area contributed by atoms with Crippen LogP contribution in [0.25, 0.3) is 0 Å². The van der Waals surface area contributed by atoms with E-state index in [4.69, 9.17) is 9.84 Å². The van der Waals surface area contributed by atoms with Crippen molar-refractivity contribution in [2.24, 2.45) is 5.92 Å². The van der Waals surface area contributed by atoms with Gasteiger partial charge in [-0.3, -0.25) is 9.59 Å². The molecule has 0 radical (unpaired) electrons. The van der Waals surface area contributed by atoms with Gasteiger partial charge < -0.3 is 25.2 Å². The summed E-state index contributed by atoms with van der Waals surface area (Å²) >= 11 is 2.17. The van der Waals surface area contributed by atoms with Crippen LogP contribution in [0.2, 0.25) is 0 Å². The van der Waals surface area contributed by atoms with Gasteiger partial charge in [0.1, 0.15) is 18.0 Å². The monoisotopic (exact) mass is 596 g/mol. The molecule has 35 heavy (non-hydrogen) atoms. The zero-order valence-electron chi connectivity index (χ0n) is 20.2. The van der Waals surface area contributed by atoms with Crippen LogP contribution in [0.15, 0.2) is 48.6 Å². The Kier molecular flexibility index (Phi) is 11.1. The molecule has 3 unspecified atom stereocenters. The molecule has 1 saturated carbocycles. The zero-order chi connectivity index (χ0) is 25.2. The van der Waals surface area contributed by atoms with Gasteiger partial charge in [0.15, 0.2) is 0 Å². The van der Waals surface area contributed by atoms with Crippen molar-refractivity contribution in [1.29, 1.82) is 0 Å². The summed E-state index contributed by atoms with van der Waals surface area (Å²) in [4.78, 5) is 28.0. The number of ether oxygens (including phenoxy) is 1. The van der Waals surface area contributed by atoms with Gasteiger partial charge in [0.2, 0.25) is 11.8 Å². The first kappa shape index (κ1) is 27.7. The van der Waals surface area contributed by atoms with Crippen molar-refractivity contribution in [3.8, 4) is 5.75 Å². The first-order valence-corrected chi connectivity index (χ1v) is 13.6. The standard InChI is InChI=1S/C27H37IN2O5/c1-2-3-13-25(32)30(18-19-9-5-4-6-10-19)22-16-20(27(34)29-14-15-31)17-24(26(22)33)35-23-12-8-7-11-21(23)28/h2,7-8,11-12,17,19,22,24,26,31,33H,1,3-6,9-10,13-16,18H2,(H,29,34). The summed E-state index contributed by atoms with van der Waals surface area (Å²) in [5.41, 5.74) is 0.454. The quantitative estimate of drug-likeness (QED) is 0.268. The molecule has 3 N–H and O–H groups in total. The first-order chi connectivity index (χ1) is 16.9. The van der Waals surface area contributed by atoms with Crippen molar-refractivity contribution >= 4 is 34.4 Å². The number of carbonyl (C=O) groups is 2. The highest BCUT2D eigenvalue weighted by molar-refractivity contribution is 14.1. The Labute approximate surface area is 221 Å². The summed E-state index contributed by atoms with van der Waals surface area (Å²) in [6.07, 6.45) is 8.37. The van der Waals surface area contributed by atoms with E-state index in [1.165, 1.54) is 6.42 Å². The molecule has 8 heteroatoms. The fourth-order valence-electron chi connectivity index (χ4n) is 4.91. The lowest BCUT2D eigenvalue weighted by Crippen LogP contribution is -2.56. The number of halogens is 1. The van der Waals surface area contributed by atoms with E-state index in [9.17, 15) is 14.7 Å². The second-order valence-corrected chi connectivity index (χ2v) is 10.5. The zero-order valence-corrected chi connectivity index (χ0v) is 22.4. The maximum atomic E-state index is 13.4. The molecule has 2 amide bonds. The summed E-state index contributed by atoms with van der Waals surface area (Å²) in [6, 6.07) is 6.92. The molecule has 0 spiro atoms. The lowest BCUT2D eigenvalue weighted by atomic mass is 9.85. The molecule has 2 aliphatic carbocycles. The molecule has 192 valence electrons. The number of hydrogen-bond donors (Lipinski definition) is 3. The summed E-state index contributed by atoms with van der Waals surface area (Å²) in [5.74, 6) is 0.643. The second-order valence-electron chi connectivity index (χ2n) is 9.32. The van der Waals surface area contributed by atoms with E-state index < -0.39 is 18.2 Å². The van der Waals surface area contributed by atoms with Gasteiger partial charge in [-0.2, -0.15) is 0 Å². The average molecular weight is 597 g/mol. The van der Waals surface area contributed by atoms with E-state index >= 15 is 0 Å². The molecule has 1 aromatic carbocycles. The van der Waals surface area contributed by atoms with Gasteiger partial charge in [0.25, 0.3) is 0 Å². The van der Waals surface area contributed by atoms with E-state index in [-0.39, 0.29) is 31.4 Å². The number of aliphatic hydroxyl groups is 2. The maximum Gasteiger partial charge on any atom is 0.247 e. The van der Waals surface area contributed by atoms with Crippen LogP contribution < -0.4 is 10.1 Å². The number of aliphatic hydroxyl groups excluding tert-OH is 2. The number of amides is 2. The van der Waals surface area contributed by atoms with Gasteiger partial charge in [-0.1, -0.05) is 37.5 Å². The fourth-order valence-corrected chi connectivity index (χ4v) is 5.42. The topological polar surface area (TPSA) is 99.1 Å². The summed E-state index contributed by atoms with van der Waals surface area (Å²) < 4.78 is 7.09. The molecule has 1 fully saturated rings. The van der Waals surface area contributed by atoms with Crippen molar-refractivity contribution in [2.45, 2.75) is 69.6 Å². The third-order valence-electron chi connectivity index (χ3n) is 6.78. The summed E-state index contributed by atoms with van der Waals surface area (Å²) in [5, 5.41) is 23.3. The van der Waals surface area contributed by atoms with Crippen LogP contribution in [0.3, 0.4) is 0 Å². The van der Waals surface area contributed by atoms with E-state index in [1.54, 1.807) is 17.1 Å². The largest absolute Gasteiger partial charge is 0.482 e. The van der Waals surface area contributed by atoms with Gasteiger partial charge in [0.05, 0.1) is 16.2 Å². The van der Waals surface area contributed by atoms with E-state index in [0.29, 0.717) is 36.6 Å². The molecule has 3 rings (SSSR count). The Balaban J connectivity index is 1.91. The van der Waals surface area contributed by atoms with E-state index in [1.807, 2.05) is 24.3 Å². The number of hydrogen-bond acceptors (Lipinski definition) is 5. The SMILES string of the molecule is C=CCCC(=O)N(CC1CCCCC1)C1CC(C(=O)NCCO)=CC(Oc2ccccc2I)C1O. The van der Waals surface area contributed by atoms with Crippen molar-refractivity contribution < 1.29 is 24.5 Å². The summed E-state index contributed by atoms with van der Waals surface area (Å²) in [6.45, 7) is 4.28. The number of nitrogens with one attached hydrogen (secondary N) is 1. The number of para-hydroxylation sites is 1. The minimum Gasteiger partial charge on any atom is -0.482 e. The highest BCUT2D eigenvalue weighted by Gasteiger charge is 2.41. The minimum atomic E-state index is -0.989. The minimum absolute atomic E-state index is 0.0374. The molecule has 0 aromatic heterocycles. The van der Waals surface area contributed by atoms with Crippen LogP contribution in [0.1, 0.15) is 51.4 Å². The lowest BCUT2D eigenvalue weighted by molar-refractivity contribution is -0.139. The van der Waals surface area contributed by atoms with Gasteiger partial charge in [-0.15, -0.1) is 6.58 Å². The molecular formula is C27H37IN2O5. The van der Waals surface area contributed by atoms with Gasteiger partial charge in [-0.05, 0) is 66.0 Å². The Hall–Kier alpha value is -1.91. The highest BCUT2D eigenvalue weighted by atomic mass is 127. The first-order valence-electron chi connectivity index (χ1n) is 12.5. The molecule has 1 aromatic rings. The fraction of sp³-hybridized carbons (Fsp3) is 0.556. The molecule has 3 atom stereocenters. The number of rotatable bonds is 11. The highest BCUT2D eigenvalue weighted by Crippen LogP contribution is 2.32. The predicted octanol–water partition coefficient (Wildman–Crippen LogP) is 3.58. The van der Waals surface area contributed by atoms with Crippen molar-refractivity contribution in [3.63, 3.8) is 0 Å². The Morgan fingerprint density at radius 3 is 2.66 bits per heavy atom. The molecule has 0 saturated heterocycles. The van der Waals surface area contributed by atoms with Crippen molar-refractivity contribution in [1.82, 2.24) is 10.2 Å². The molecule has 0 aliphatic heterocycles. The number of nitrogens with zero attached hydrogens (tertiary/aromatic N) is 1. The Bertz CT molecular complexity index is 899. The normalized spacial score (nSPS) is 22.7. The van der Waals surface area contributed by atoms with Gasteiger partial charge in [-0.25, -0.2) is 0 Å². The number of carbonyl (C=O) groups excluding carboxylic acids is 2. The third-order valence-corrected chi connectivity index (χ3v) is 7.67. The average Bonchev–Trinajstić information content (AvgIpc) is 2.87. The second kappa shape index (κ2) is 14.0. The lowest BCUT2D eigenvalue weighted by Gasteiger charge is -2.42. The third kappa shape index (κ3) is 7.79. The Morgan fingerprint density at radius 2 is 1.97 bits per heavy atom. The van der Waals surface area contributed by atoms with Crippen LogP contribution in [-0.2, 0) is 9.59 Å². The molecular weight excluding hydrogens is 559 g/mol. The van der Waals surface area contributed by atoms with E-state index in [0.717, 1.165) is 29.3 Å². The Morgan fingerprint density at radius 1 is 1.23 bits per heavy atom. The number of allylic oxidation sites excluding steroid dienone is 1. The maximum absolute atomic E-state index is 13.4. The smallest absolute Gasteiger partial charge is 0.247 e. The van der Waals surface area contributed by atoms with E-state index in [2.05, 4.69) is 34.5 Å². The van der Waals surface area contributed by atoms with Crippen molar-refractivity contribution in [2.75, 3.05) is 19.7 Å². The van der Waals surface area contributed by atoms with Crippen LogP contribution in [-0.4, -0.2) is 64.9 Å². The van der Waals surface area contributed by atoms with Crippen LogP contribution in [0, 0.1) is 9.49 Å². The predicted molar refractivity (Wildman–Crippen MR) is 144 cm³/mol. The van der Waals surface area contributed by atoms with Gasteiger partial charge in [0, 0.05) is 31.5 Å². The number of benzene rings is 1. The molecule has 0 bridgehead atoms. The van der Waals surface area contributed by atoms with Crippen molar-refractivity contribution in [3.05, 3.63) is 52.1 Å². The van der Waals surface area contributed by atoms with Gasteiger partial charge >= 0.3 is 0 Å². The van der Waals surface area contributed by atoms with Crippen LogP contribution in [0.4, 0.5) is 0 Å². The summed E-state index contributed by atoms with van der Waals surface area (Å²) in [7, 11) is 0. The van der Waals surface area contributed by atoms with Crippen LogP contribution in [0.5, 0.6) is 5.75 Å². The molecule has 7 nitrogen and oxygen atoms in total.